The van der Waals surface area contributed by atoms with Gasteiger partial charge in [0.15, 0.2) is 0 Å². The Labute approximate surface area is 178 Å². The van der Waals surface area contributed by atoms with Crippen LogP contribution in [0.5, 0.6) is 0 Å². The van der Waals surface area contributed by atoms with Gasteiger partial charge in [-0.05, 0) is 48.6 Å². The predicted octanol–water partition coefficient (Wildman–Crippen LogP) is 4.35. The normalized spacial score (nSPS) is 14.4. The second-order valence-corrected chi connectivity index (χ2v) is 9.64. The van der Waals surface area contributed by atoms with Crippen molar-refractivity contribution in [1.29, 1.82) is 0 Å². The molecular formula is C22H27ClN2O3S. The Kier molecular flexibility index (Phi) is 6.98. The Morgan fingerprint density at radius 2 is 1.72 bits per heavy atom. The molecular weight excluding hydrogens is 408 g/mol. The zero-order chi connectivity index (χ0) is 21.0. The highest BCUT2D eigenvalue weighted by atomic mass is 35.5. The van der Waals surface area contributed by atoms with E-state index in [0.717, 1.165) is 18.4 Å². The molecule has 0 radical (unpaired) electrons. The van der Waals surface area contributed by atoms with Crippen LogP contribution >= 0.6 is 11.6 Å². The average molecular weight is 435 g/mol. The molecule has 5 nitrogen and oxygen atoms in total. The van der Waals surface area contributed by atoms with Gasteiger partial charge in [0.25, 0.3) is 5.91 Å². The highest BCUT2D eigenvalue weighted by molar-refractivity contribution is 7.89. The van der Waals surface area contributed by atoms with Gasteiger partial charge in [0.1, 0.15) is 0 Å². The van der Waals surface area contributed by atoms with Crippen molar-refractivity contribution in [2.24, 2.45) is 0 Å². The Morgan fingerprint density at radius 3 is 2.38 bits per heavy atom. The van der Waals surface area contributed by atoms with Crippen LogP contribution in [0.4, 0.5) is 0 Å². The van der Waals surface area contributed by atoms with Crippen molar-refractivity contribution in [3.63, 3.8) is 0 Å². The van der Waals surface area contributed by atoms with Gasteiger partial charge >= 0.3 is 0 Å². The molecule has 0 spiro atoms. The standard InChI is InChI=1S/C22H27ClN2O3S/c1-3-12-24(13-4-2)22(26)20-15-19(9-10-21(20)23)29(27,28)25-14-11-17-7-5-6-8-18(17)16-25/h5-10,15H,3-4,11-14,16H2,1-2H3. The second kappa shape index (κ2) is 9.28. The van der Waals surface area contributed by atoms with E-state index in [1.54, 1.807) is 4.90 Å². The minimum Gasteiger partial charge on any atom is -0.339 e. The first kappa shape index (κ1) is 21.8. The average Bonchev–Trinajstić information content (AvgIpc) is 2.73. The minimum atomic E-state index is -3.72. The second-order valence-electron chi connectivity index (χ2n) is 7.29. The van der Waals surface area contributed by atoms with Crippen LogP contribution in [0, 0.1) is 0 Å². The maximum atomic E-state index is 13.3. The number of hydrogen-bond donors (Lipinski definition) is 0. The van der Waals surface area contributed by atoms with Crippen LogP contribution in [0.1, 0.15) is 48.2 Å². The highest BCUT2D eigenvalue weighted by Crippen LogP contribution is 2.28. The molecule has 0 unspecified atom stereocenters. The maximum absolute atomic E-state index is 13.3. The molecule has 0 N–H and O–H groups in total. The first-order valence-corrected chi connectivity index (χ1v) is 11.9. The number of amides is 1. The summed E-state index contributed by atoms with van der Waals surface area (Å²) in [6.45, 7) is 6.00. The first-order chi connectivity index (χ1) is 13.9. The van der Waals surface area contributed by atoms with Gasteiger partial charge in [-0.3, -0.25) is 4.79 Å². The SMILES string of the molecule is CCCN(CCC)C(=O)c1cc(S(=O)(=O)N2CCc3ccccc3C2)ccc1Cl. The van der Waals surface area contributed by atoms with E-state index < -0.39 is 10.0 Å². The lowest BCUT2D eigenvalue weighted by Crippen LogP contribution is -2.36. The molecule has 2 aromatic rings. The van der Waals surface area contributed by atoms with Crippen LogP contribution in [0.15, 0.2) is 47.4 Å². The summed E-state index contributed by atoms with van der Waals surface area (Å²) in [5.41, 5.74) is 2.44. The fourth-order valence-corrected chi connectivity index (χ4v) is 5.32. The van der Waals surface area contributed by atoms with Crippen LogP contribution in [-0.4, -0.2) is 43.2 Å². The minimum absolute atomic E-state index is 0.109. The van der Waals surface area contributed by atoms with E-state index in [2.05, 4.69) is 0 Å². The van der Waals surface area contributed by atoms with Crippen LogP contribution in [0.3, 0.4) is 0 Å². The van der Waals surface area contributed by atoms with Gasteiger partial charge in [-0.15, -0.1) is 0 Å². The third-order valence-corrected chi connectivity index (χ3v) is 7.35. The van der Waals surface area contributed by atoms with Crippen LogP contribution in [-0.2, 0) is 23.0 Å². The van der Waals surface area contributed by atoms with E-state index in [4.69, 9.17) is 11.6 Å². The number of benzene rings is 2. The highest BCUT2D eigenvalue weighted by Gasteiger charge is 2.29. The van der Waals surface area contributed by atoms with Gasteiger partial charge in [-0.25, -0.2) is 8.42 Å². The van der Waals surface area contributed by atoms with Gasteiger partial charge in [-0.2, -0.15) is 4.31 Å². The summed E-state index contributed by atoms with van der Waals surface area (Å²) in [4.78, 5) is 14.8. The Balaban J connectivity index is 1.91. The number of sulfonamides is 1. The number of hydrogen-bond acceptors (Lipinski definition) is 3. The number of rotatable bonds is 7. The molecule has 7 heteroatoms. The molecule has 0 saturated heterocycles. The molecule has 1 amide bonds. The first-order valence-electron chi connectivity index (χ1n) is 10.0. The zero-order valence-corrected chi connectivity index (χ0v) is 18.5. The van der Waals surface area contributed by atoms with E-state index in [-0.39, 0.29) is 21.4 Å². The number of nitrogens with zero attached hydrogens (tertiary/aromatic N) is 2. The number of carbonyl (C=O) groups excluding carboxylic acids is 1. The Hall–Kier alpha value is -1.89. The third kappa shape index (κ3) is 4.65. The Morgan fingerprint density at radius 1 is 1.07 bits per heavy atom. The molecule has 0 aliphatic carbocycles. The van der Waals surface area contributed by atoms with E-state index in [9.17, 15) is 13.2 Å². The summed E-state index contributed by atoms with van der Waals surface area (Å²) in [6, 6.07) is 12.3. The van der Waals surface area contributed by atoms with E-state index >= 15 is 0 Å². The molecule has 3 rings (SSSR count). The monoisotopic (exact) mass is 434 g/mol. The third-order valence-electron chi connectivity index (χ3n) is 5.18. The molecule has 0 bridgehead atoms. The van der Waals surface area contributed by atoms with Crippen molar-refractivity contribution in [3.8, 4) is 0 Å². The zero-order valence-electron chi connectivity index (χ0n) is 16.9. The molecule has 29 heavy (non-hydrogen) atoms. The van der Waals surface area contributed by atoms with Gasteiger partial charge in [0.2, 0.25) is 10.0 Å². The van der Waals surface area contributed by atoms with Crippen molar-refractivity contribution in [3.05, 3.63) is 64.2 Å². The summed E-state index contributed by atoms with van der Waals surface area (Å²) in [7, 11) is -3.72. The lowest BCUT2D eigenvalue weighted by molar-refractivity contribution is 0.0755. The molecule has 0 atom stereocenters. The molecule has 1 aliphatic rings. The van der Waals surface area contributed by atoms with Crippen LogP contribution < -0.4 is 0 Å². The predicted molar refractivity (Wildman–Crippen MR) is 116 cm³/mol. The van der Waals surface area contributed by atoms with Crippen LogP contribution in [0.2, 0.25) is 5.02 Å². The van der Waals surface area contributed by atoms with Gasteiger partial charge in [-0.1, -0.05) is 49.7 Å². The van der Waals surface area contributed by atoms with Gasteiger partial charge < -0.3 is 4.90 Å². The summed E-state index contributed by atoms with van der Waals surface area (Å²) in [5, 5.41) is 0.273. The van der Waals surface area contributed by atoms with Crippen molar-refractivity contribution >= 4 is 27.5 Å². The number of fused-ring (bicyclic) bond motifs is 1. The quantitative estimate of drug-likeness (QED) is 0.650. The maximum Gasteiger partial charge on any atom is 0.255 e. The fourth-order valence-electron chi connectivity index (χ4n) is 3.68. The number of halogens is 1. The summed E-state index contributed by atoms with van der Waals surface area (Å²) < 4.78 is 28.0. The van der Waals surface area contributed by atoms with E-state index in [1.807, 2.05) is 38.1 Å². The number of carbonyl (C=O) groups is 1. The molecule has 1 aliphatic heterocycles. The summed E-state index contributed by atoms with van der Waals surface area (Å²) in [5.74, 6) is -0.222. The molecule has 2 aromatic carbocycles. The van der Waals surface area contributed by atoms with Gasteiger partial charge in [0, 0.05) is 26.2 Å². The fraction of sp³-hybridized carbons (Fsp3) is 0.409. The lowest BCUT2D eigenvalue weighted by atomic mass is 10.0. The molecule has 1 heterocycles. The van der Waals surface area contributed by atoms with Crippen LogP contribution in [0.25, 0.3) is 0 Å². The molecule has 156 valence electrons. The van der Waals surface area contributed by atoms with Crippen molar-refractivity contribution in [1.82, 2.24) is 9.21 Å². The van der Waals surface area contributed by atoms with Crippen molar-refractivity contribution in [2.45, 2.75) is 44.6 Å². The molecule has 0 saturated carbocycles. The van der Waals surface area contributed by atoms with Crippen molar-refractivity contribution in [2.75, 3.05) is 19.6 Å². The lowest BCUT2D eigenvalue weighted by Gasteiger charge is -2.28. The van der Waals surface area contributed by atoms with E-state index in [0.29, 0.717) is 32.6 Å². The molecule has 0 aromatic heterocycles. The van der Waals surface area contributed by atoms with E-state index in [1.165, 1.54) is 28.1 Å². The van der Waals surface area contributed by atoms with Crippen molar-refractivity contribution < 1.29 is 13.2 Å². The smallest absolute Gasteiger partial charge is 0.255 e. The topological polar surface area (TPSA) is 57.7 Å². The van der Waals surface area contributed by atoms with Gasteiger partial charge in [0.05, 0.1) is 15.5 Å². The Bertz CT molecular complexity index is 985. The summed E-state index contributed by atoms with van der Waals surface area (Å²) >= 11 is 6.28. The molecule has 0 fully saturated rings. The summed E-state index contributed by atoms with van der Waals surface area (Å²) in [6.07, 6.45) is 2.33. The largest absolute Gasteiger partial charge is 0.339 e.